The monoisotopic (exact) mass is 348 g/mol. The Bertz CT molecular complexity index is 726. The maximum absolute atomic E-state index is 12.5. The van der Waals surface area contributed by atoms with Crippen LogP contribution in [0.2, 0.25) is 0 Å². The minimum absolute atomic E-state index is 0.000365. The number of rotatable bonds is 4. The predicted octanol–water partition coefficient (Wildman–Crippen LogP) is 0.783. The Hall–Kier alpha value is -2.87. The number of ether oxygens (including phenoxy) is 3. The maximum atomic E-state index is 12.5. The fourth-order valence-corrected chi connectivity index (χ4v) is 2.46. The van der Waals surface area contributed by atoms with Gasteiger partial charge in [-0.2, -0.15) is 0 Å². The van der Waals surface area contributed by atoms with Crippen molar-refractivity contribution in [2.75, 3.05) is 46.6 Å². The van der Waals surface area contributed by atoms with E-state index in [9.17, 15) is 14.4 Å². The summed E-state index contributed by atoms with van der Waals surface area (Å²) in [6.07, 6.45) is 0. The molecule has 0 atom stereocenters. The summed E-state index contributed by atoms with van der Waals surface area (Å²) >= 11 is 0. The molecule has 1 aromatic rings. The number of esters is 2. The van der Waals surface area contributed by atoms with Crippen LogP contribution >= 0.6 is 0 Å². The maximum Gasteiger partial charge on any atom is 0.355 e. The van der Waals surface area contributed by atoms with Crippen LogP contribution in [0.5, 0.6) is 0 Å². The molecule has 1 aliphatic heterocycles. The van der Waals surface area contributed by atoms with Crippen LogP contribution in [-0.4, -0.2) is 64.4 Å². The van der Waals surface area contributed by atoms with Gasteiger partial charge in [0.15, 0.2) is 0 Å². The van der Waals surface area contributed by atoms with E-state index in [4.69, 9.17) is 14.2 Å². The predicted molar refractivity (Wildman–Crippen MR) is 88.8 cm³/mol. The first-order chi connectivity index (χ1) is 11.9. The van der Waals surface area contributed by atoms with Gasteiger partial charge in [-0.05, 0) is 12.1 Å². The van der Waals surface area contributed by atoms with E-state index in [0.29, 0.717) is 11.3 Å². The van der Waals surface area contributed by atoms with Gasteiger partial charge in [0.2, 0.25) is 0 Å². The molecule has 1 heterocycles. The number of amides is 1. The molecule has 1 aromatic carbocycles. The lowest BCUT2D eigenvalue weighted by molar-refractivity contribution is -0.140. The highest BCUT2D eigenvalue weighted by molar-refractivity contribution is 6.06. The Kier molecular flexibility index (Phi) is 5.76. The Labute approximate surface area is 145 Å². The fraction of sp³-hybridized carbons (Fsp3) is 0.353. The molecule has 0 aromatic heterocycles. The summed E-state index contributed by atoms with van der Waals surface area (Å²) < 4.78 is 15.0. The van der Waals surface area contributed by atoms with Crippen molar-refractivity contribution >= 4 is 23.5 Å². The van der Waals surface area contributed by atoms with Crippen LogP contribution in [0.4, 0.5) is 5.69 Å². The highest BCUT2D eigenvalue weighted by Gasteiger charge is 2.34. The molecule has 1 aliphatic rings. The van der Waals surface area contributed by atoms with Crippen molar-refractivity contribution in [1.82, 2.24) is 4.90 Å². The molecule has 2 rings (SSSR count). The number of anilines is 1. The second-order valence-corrected chi connectivity index (χ2v) is 5.43. The molecule has 8 nitrogen and oxygen atoms in total. The Morgan fingerprint density at radius 2 is 1.72 bits per heavy atom. The van der Waals surface area contributed by atoms with Gasteiger partial charge in [0, 0.05) is 14.1 Å². The van der Waals surface area contributed by atoms with Crippen LogP contribution in [0.3, 0.4) is 0 Å². The molecule has 0 aliphatic carbocycles. The van der Waals surface area contributed by atoms with Gasteiger partial charge in [-0.25, -0.2) is 9.59 Å². The quantitative estimate of drug-likeness (QED) is 0.744. The Morgan fingerprint density at radius 1 is 1.08 bits per heavy atom. The molecule has 0 radical (unpaired) electrons. The third kappa shape index (κ3) is 3.63. The van der Waals surface area contributed by atoms with E-state index in [0.717, 1.165) is 0 Å². The van der Waals surface area contributed by atoms with E-state index in [1.165, 1.54) is 24.0 Å². The second kappa shape index (κ2) is 7.80. The van der Waals surface area contributed by atoms with E-state index in [2.05, 4.69) is 0 Å². The van der Waals surface area contributed by atoms with Gasteiger partial charge in [-0.1, -0.05) is 12.1 Å². The number of carbonyl (C=O) groups excluding carboxylic acids is 3. The van der Waals surface area contributed by atoms with E-state index in [1.54, 1.807) is 38.4 Å². The van der Waals surface area contributed by atoms with Crippen LogP contribution in [0.1, 0.15) is 10.4 Å². The van der Waals surface area contributed by atoms with Crippen LogP contribution in [-0.2, 0) is 23.8 Å². The molecular formula is C17H20N2O6. The molecule has 0 unspecified atom stereocenters. The largest absolute Gasteiger partial charge is 0.466 e. The van der Waals surface area contributed by atoms with Gasteiger partial charge in [0.25, 0.3) is 5.91 Å². The molecule has 0 bridgehead atoms. The van der Waals surface area contributed by atoms with E-state index >= 15 is 0 Å². The van der Waals surface area contributed by atoms with Crippen LogP contribution in [0, 0.1) is 0 Å². The summed E-state index contributed by atoms with van der Waals surface area (Å²) in [7, 11) is 5.69. The van der Waals surface area contributed by atoms with Crippen LogP contribution in [0.15, 0.2) is 35.5 Å². The molecule has 0 fully saturated rings. The lowest BCUT2D eigenvalue weighted by atomic mass is 10.1. The lowest BCUT2D eigenvalue weighted by Gasteiger charge is -2.32. The summed E-state index contributed by atoms with van der Waals surface area (Å²) in [4.78, 5) is 39.7. The van der Waals surface area contributed by atoms with Crippen molar-refractivity contribution in [2.24, 2.45) is 0 Å². The molecule has 1 amide bonds. The van der Waals surface area contributed by atoms with E-state index in [1.807, 2.05) is 0 Å². The van der Waals surface area contributed by atoms with Crippen molar-refractivity contribution in [3.8, 4) is 0 Å². The average Bonchev–Trinajstić information content (AvgIpc) is 2.65. The molecule has 0 saturated carbocycles. The zero-order chi connectivity index (χ0) is 18.6. The standard InChI is InChI=1S/C17H20N2O6/c1-18(2)15(20)11-7-5-6-8-13(11)19-10-25-9-12(16(21)23-3)14(19)17(22)24-4/h5-8H,9-10H2,1-4H3. The summed E-state index contributed by atoms with van der Waals surface area (Å²) in [5, 5.41) is 0. The van der Waals surface area contributed by atoms with Gasteiger partial charge in [-0.3, -0.25) is 4.79 Å². The minimum Gasteiger partial charge on any atom is -0.466 e. The van der Waals surface area contributed by atoms with Crippen molar-refractivity contribution in [3.63, 3.8) is 0 Å². The topological polar surface area (TPSA) is 85.4 Å². The summed E-state index contributed by atoms with van der Waals surface area (Å²) in [6.45, 7) is -0.0972. The number of hydrogen-bond donors (Lipinski definition) is 0. The summed E-state index contributed by atoms with van der Waals surface area (Å²) in [5.74, 6) is -1.65. The second-order valence-electron chi connectivity index (χ2n) is 5.43. The number of hydrogen-bond acceptors (Lipinski definition) is 7. The van der Waals surface area contributed by atoms with Crippen molar-refractivity contribution < 1.29 is 28.6 Å². The Balaban J connectivity index is 2.63. The van der Waals surface area contributed by atoms with Crippen LogP contribution < -0.4 is 4.90 Å². The highest BCUT2D eigenvalue weighted by atomic mass is 16.5. The lowest BCUT2D eigenvalue weighted by Crippen LogP contribution is -2.40. The molecule has 25 heavy (non-hydrogen) atoms. The summed E-state index contributed by atoms with van der Waals surface area (Å²) in [6, 6.07) is 6.75. The Morgan fingerprint density at radius 3 is 2.32 bits per heavy atom. The first kappa shape index (κ1) is 18.5. The van der Waals surface area contributed by atoms with Gasteiger partial charge in [-0.15, -0.1) is 0 Å². The zero-order valence-electron chi connectivity index (χ0n) is 14.6. The third-order valence-corrected chi connectivity index (χ3v) is 3.66. The molecule has 8 heteroatoms. The molecule has 0 spiro atoms. The van der Waals surface area contributed by atoms with Crippen molar-refractivity contribution in [2.45, 2.75) is 0 Å². The first-order valence-electron chi connectivity index (χ1n) is 7.48. The van der Waals surface area contributed by atoms with E-state index in [-0.39, 0.29) is 30.5 Å². The molecule has 134 valence electrons. The number of nitrogens with zero attached hydrogens (tertiary/aromatic N) is 2. The van der Waals surface area contributed by atoms with Gasteiger partial charge >= 0.3 is 11.9 Å². The number of benzene rings is 1. The minimum atomic E-state index is -0.712. The molecule has 0 N–H and O–H groups in total. The average molecular weight is 348 g/mol. The van der Waals surface area contributed by atoms with Crippen molar-refractivity contribution in [1.29, 1.82) is 0 Å². The molecule has 0 saturated heterocycles. The van der Waals surface area contributed by atoms with E-state index < -0.39 is 11.9 Å². The normalized spacial score (nSPS) is 14.2. The fourth-order valence-electron chi connectivity index (χ4n) is 2.46. The molecular weight excluding hydrogens is 328 g/mol. The smallest absolute Gasteiger partial charge is 0.355 e. The zero-order valence-corrected chi connectivity index (χ0v) is 14.6. The van der Waals surface area contributed by atoms with Gasteiger partial charge < -0.3 is 24.0 Å². The SMILES string of the molecule is COC(=O)C1=C(C(=O)OC)N(c2ccccc2C(=O)N(C)C)COC1. The van der Waals surface area contributed by atoms with Crippen molar-refractivity contribution in [3.05, 3.63) is 41.1 Å². The summed E-state index contributed by atoms with van der Waals surface area (Å²) in [5.41, 5.74) is 0.832. The first-order valence-corrected chi connectivity index (χ1v) is 7.48. The number of para-hydroxylation sites is 1. The van der Waals surface area contributed by atoms with Gasteiger partial charge in [0.05, 0.1) is 37.7 Å². The van der Waals surface area contributed by atoms with Crippen LogP contribution in [0.25, 0.3) is 0 Å². The third-order valence-electron chi connectivity index (χ3n) is 3.66. The number of methoxy groups -OCH3 is 2. The van der Waals surface area contributed by atoms with Gasteiger partial charge in [0.1, 0.15) is 12.4 Å². The number of carbonyl (C=O) groups is 3. The highest BCUT2D eigenvalue weighted by Crippen LogP contribution is 2.30.